The Hall–Kier alpha value is -2.83. The minimum atomic E-state index is -1.08. The molecule has 7 nitrogen and oxygen atoms in total. The van der Waals surface area contributed by atoms with Crippen LogP contribution in [0.2, 0.25) is 0 Å². The summed E-state index contributed by atoms with van der Waals surface area (Å²) in [5, 5.41) is 14.3. The van der Waals surface area contributed by atoms with E-state index in [0.717, 1.165) is 0 Å². The minimum Gasteiger partial charge on any atom is -0.480 e. The molecule has 0 aromatic heterocycles. The van der Waals surface area contributed by atoms with E-state index in [-0.39, 0.29) is 12.5 Å². The van der Waals surface area contributed by atoms with Gasteiger partial charge in [0.25, 0.3) is 5.91 Å². The number of nitrogens with zero attached hydrogens (tertiary/aromatic N) is 1. The van der Waals surface area contributed by atoms with E-state index in [0.29, 0.717) is 30.8 Å². The predicted molar refractivity (Wildman–Crippen MR) is 85.5 cm³/mol. The number of amides is 3. The summed E-state index contributed by atoms with van der Waals surface area (Å²) in [5.41, 5.74) is 1.04. The summed E-state index contributed by atoms with van der Waals surface area (Å²) in [6.07, 6.45) is 2.40. The van der Waals surface area contributed by atoms with Gasteiger partial charge in [-0.05, 0) is 37.1 Å². The zero-order chi connectivity index (χ0) is 16.8. The van der Waals surface area contributed by atoms with E-state index >= 15 is 0 Å². The number of hydrogen-bond donors (Lipinski definition) is 3. The number of hydrogen-bond acceptors (Lipinski definition) is 3. The van der Waals surface area contributed by atoms with Crippen molar-refractivity contribution in [3.05, 3.63) is 42.5 Å². The normalized spacial score (nSPS) is 15.0. The predicted octanol–water partition coefficient (Wildman–Crippen LogP) is 1.37. The molecule has 0 saturated carbocycles. The molecule has 1 aliphatic heterocycles. The number of allylic oxidation sites excluding steroid dienone is 1. The summed E-state index contributed by atoms with van der Waals surface area (Å²) in [6.45, 7) is 4.70. The summed E-state index contributed by atoms with van der Waals surface area (Å²) >= 11 is 0. The molecule has 1 fully saturated rings. The monoisotopic (exact) mass is 317 g/mol. The molecule has 0 bridgehead atoms. The molecule has 3 N–H and O–H groups in total. The Bertz CT molecular complexity index is 612. The molecule has 1 aromatic rings. The fourth-order valence-corrected chi connectivity index (χ4v) is 2.29. The minimum absolute atomic E-state index is 0.169. The second-order valence-corrected chi connectivity index (χ2v) is 5.16. The zero-order valence-corrected chi connectivity index (χ0v) is 12.6. The van der Waals surface area contributed by atoms with Gasteiger partial charge in [0.15, 0.2) is 0 Å². The van der Waals surface area contributed by atoms with Crippen molar-refractivity contribution in [2.75, 3.05) is 18.0 Å². The van der Waals surface area contributed by atoms with E-state index in [1.807, 2.05) is 0 Å². The van der Waals surface area contributed by atoms with Crippen molar-refractivity contribution in [2.24, 2.45) is 0 Å². The van der Waals surface area contributed by atoms with Gasteiger partial charge in [0.1, 0.15) is 6.04 Å². The molecule has 1 saturated heterocycles. The third kappa shape index (κ3) is 4.09. The third-order valence-corrected chi connectivity index (χ3v) is 3.56. The van der Waals surface area contributed by atoms with Crippen LogP contribution in [0.1, 0.15) is 23.2 Å². The Kier molecular flexibility index (Phi) is 5.35. The third-order valence-electron chi connectivity index (χ3n) is 3.56. The van der Waals surface area contributed by atoms with E-state index in [1.165, 1.54) is 0 Å². The highest BCUT2D eigenvalue weighted by Gasteiger charge is 2.22. The molecule has 1 atom stereocenters. The largest absolute Gasteiger partial charge is 0.480 e. The summed E-state index contributed by atoms with van der Waals surface area (Å²) in [6, 6.07) is 5.35. The van der Waals surface area contributed by atoms with Gasteiger partial charge < -0.3 is 15.7 Å². The Labute approximate surface area is 134 Å². The van der Waals surface area contributed by atoms with Crippen LogP contribution in [0.4, 0.5) is 10.5 Å². The lowest BCUT2D eigenvalue weighted by Gasteiger charge is -2.16. The van der Waals surface area contributed by atoms with Crippen molar-refractivity contribution in [3.63, 3.8) is 0 Å². The topological polar surface area (TPSA) is 98.7 Å². The molecule has 7 heteroatoms. The van der Waals surface area contributed by atoms with Crippen LogP contribution in [0.25, 0.3) is 0 Å². The van der Waals surface area contributed by atoms with E-state index in [4.69, 9.17) is 5.11 Å². The number of benzene rings is 1. The van der Waals surface area contributed by atoms with Gasteiger partial charge in [0.2, 0.25) is 0 Å². The Morgan fingerprint density at radius 1 is 1.39 bits per heavy atom. The van der Waals surface area contributed by atoms with E-state index in [9.17, 15) is 14.4 Å². The van der Waals surface area contributed by atoms with Gasteiger partial charge in [-0.25, -0.2) is 9.59 Å². The SMILES string of the molecule is C=CCCC(NC(=O)c1ccc(N2CCNC2=O)cc1)C(=O)O. The average molecular weight is 317 g/mol. The van der Waals surface area contributed by atoms with E-state index in [2.05, 4.69) is 17.2 Å². The standard InChI is InChI=1S/C16H19N3O4/c1-2-3-4-13(15(21)22)18-14(20)11-5-7-12(8-6-11)19-10-9-17-16(19)23/h2,5-8,13H,1,3-4,9-10H2,(H,17,23)(H,18,20)(H,21,22). The number of carbonyl (C=O) groups excluding carboxylic acids is 2. The Morgan fingerprint density at radius 2 is 2.09 bits per heavy atom. The second kappa shape index (κ2) is 7.44. The Morgan fingerprint density at radius 3 is 2.61 bits per heavy atom. The lowest BCUT2D eigenvalue weighted by molar-refractivity contribution is -0.139. The lowest BCUT2D eigenvalue weighted by Crippen LogP contribution is -2.40. The lowest BCUT2D eigenvalue weighted by atomic mass is 10.1. The fraction of sp³-hybridized carbons (Fsp3) is 0.312. The van der Waals surface area contributed by atoms with Crippen LogP contribution >= 0.6 is 0 Å². The number of nitrogens with one attached hydrogen (secondary N) is 2. The summed E-state index contributed by atoms with van der Waals surface area (Å²) in [5.74, 6) is -1.54. The quantitative estimate of drug-likeness (QED) is 0.661. The van der Waals surface area contributed by atoms with Crippen LogP contribution in [0.5, 0.6) is 0 Å². The molecule has 2 rings (SSSR count). The van der Waals surface area contributed by atoms with Gasteiger partial charge in [0.05, 0.1) is 0 Å². The van der Waals surface area contributed by atoms with Crippen LogP contribution in [-0.2, 0) is 4.79 Å². The second-order valence-electron chi connectivity index (χ2n) is 5.16. The van der Waals surface area contributed by atoms with Crippen molar-refractivity contribution in [1.82, 2.24) is 10.6 Å². The summed E-state index contributed by atoms with van der Waals surface area (Å²) in [7, 11) is 0. The number of urea groups is 1. The summed E-state index contributed by atoms with van der Waals surface area (Å²) in [4.78, 5) is 36.4. The molecule has 1 aromatic carbocycles. The summed E-state index contributed by atoms with van der Waals surface area (Å²) < 4.78 is 0. The maximum atomic E-state index is 12.1. The van der Waals surface area contributed by atoms with Gasteiger partial charge >= 0.3 is 12.0 Å². The highest BCUT2D eigenvalue weighted by Crippen LogP contribution is 2.17. The van der Waals surface area contributed by atoms with Gasteiger partial charge in [-0.15, -0.1) is 6.58 Å². The molecule has 1 unspecified atom stereocenters. The van der Waals surface area contributed by atoms with Crippen molar-refractivity contribution in [2.45, 2.75) is 18.9 Å². The highest BCUT2D eigenvalue weighted by molar-refractivity contribution is 5.98. The number of anilines is 1. The first-order valence-electron chi connectivity index (χ1n) is 7.33. The van der Waals surface area contributed by atoms with Crippen molar-refractivity contribution in [1.29, 1.82) is 0 Å². The van der Waals surface area contributed by atoms with Gasteiger partial charge in [-0.2, -0.15) is 0 Å². The van der Waals surface area contributed by atoms with Crippen LogP contribution in [-0.4, -0.2) is 42.1 Å². The van der Waals surface area contributed by atoms with Crippen LogP contribution in [0, 0.1) is 0 Å². The first kappa shape index (κ1) is 16.5. The zero-order valence-electron chi connectivity index (χ0n) is 12.6. The fourth-order valence-electron chi connectivity index (χ4n) is 2.29. The maximum absolute atomic E-state index is 12.1. The van der Waals surface area contributed by atoms with Crippen molar-refractivity contribution in [3.8, 4) is 0 Å². The molecule has 1 heterocycles. The number of aliphatic carboxylic acids is 1. The molecule has 3 amide bonds. The molecule has 122 valence electrons. The van der Waals surface area contributed by atoms with Crippen molar-refractivity contribution < 1.29 is 19.5 Å². The molecule has 23 heavy (non-hydrogen) atoms. The smallest absolute Gasteiger partial charge is 0.326 e. The number of carboxylic acid groups (broad SMARTS) is 1. The molecule has 0 radical (unpaired) electrons. The highest BCUT2D eigenvalue weighted by atomic mass is 16.4. The van der Waals surface area contributed by atoms with Crippen LogP contribution in [0.15, 0.2) is 36.9 Å². The first-order chi connectivity index (χ1) is 11.0. The van der Waals surface area contributed by atoms with Gasteiger partial charge in [-0.3, -0.25) is 9.69 Å². The molecule has 0 spiro atoms. The molecular weight excluding hydrogens is 298 g/mol. The van der Waals surface area contributed by atoms with E-state index < -0.39 is 17.9 Å². The average Bonchev–Trinajstić information content (AvgIpc) is 2.97. The van der Waals surface area contributed by atoms with E-state index in [1.54, 1.807) is 35.2 Å². The number of carbonyl (C=O) groups is 3. The molecule has 1 aliphatic rings. The maximum Gasteiger partial charge on any atom is 0.326 e. The van der Waals surface area contributed by atoms with Crippen LogP contribution < -0.4 is 15.5 Å². The van der Waals surface area contributed by atoms with Gasteiger partial charge in [-0.1, -0.05) is 6.08 Å². The van der Waals surface area contributed by atoms with Crippen LogP contribution in [0.3, 0.4) is 0 Å². The number of carboxylic acids is 1. The Balaban J connectivity index is 2.03. The van der Waals surface area contributed by atoms with Gasteiger partial charge in [0, 0.05) is 24.3 Å². The molecule has 0 aliphatic carbocycles. The molecular formula is C16H19N3O4. The first-order valence-corrected chi connectivity index (χ1v) is 7.33. The van der Waals surface area contributed by atoms with Crippen molar-refractivity contribution >= 4 is 23.6 Å². The number of rotatable bonds is 7.